The van der Waals surface area contributed by atoms with Gasteiger partial charge in [-0.2, -0.15) is 0 Å². The summed E-state index contributed by atoms with van der Waals surface area (Å²) in [6.45, 7) is 10.5. The van der Waals surface area contributed by atoms with Gasteiger partial charge in [0.2, 0.25) is 0 Å². The van der Waals surface area contributed by atoms with E-state index in [2.05, 4.69) is 27.7 Å². The Hall–Kier alpha value is -2.08. The van der Waals surface area contributed by atoms with Crippen molar-refractivity contribution in [3.05, 3.63) is 29.8 Å². The van der Waals surface area contributed by atoms with Crippen LogP contribution in [0.2, 0.25) is 0 Å². The van der Waals surface area contributed by atoms with E-state index in [1.54, 1.807) is 41.2 Å². The lowest BCUT2D eigenvalue weighted by Gasteiger charge is -2.31. The van der Waals surface area contributed by atoms with Gasteiger partial charge in [0.25, 0.3) is 0 Å². The molecular formula is C18H24N2O4. The summed E-state index contributed by atoms with van der Waals surface area (Å²) in [7, 11) is 0. The van der Waals surface area contributed by atoms with E-state index < -0.39 is 0 Å². The van der Waals surface area contributed by atoms with Gasteiger partial charge in [0.15, 0.2) is 0 Å². The Balaban J connectivity index is 1.92. The third-order valence-electron chi connectivity index (χ3n) is 4.68. The number of rotatable bonds is 3. The molecule has 6 nitrogen and oxygen atoms in total. The second kappa shape index (κ2) is 5.48. The van der Waals surface area contributed by atoms with Crippen LogP contribution in [0, 0.1) is 5.41 Å². The first-order valence-electron chi connectivity index (χ1n) is 8.25. The van der Waals surface area contributed by atoms with Crippen molar-refractivity contribution in [2.24, 2.45) is 5.41 Å². The number of fused-ring (bicyclic) bond motifs is 1. The number of benzene rings is 1. The normalized spacial score (nSPS) is 24.6. The minimum Gasteiger partial charge on any atom is -0.462 e. The standard InChI is InChI=1S/C18H24N2O4/c1-6-23-14(21)12-7-9-13(10-8-12)19-15-17(2,3)11-18(4,5)20(15)24-16(19)22/h7-10,15H,6,11H2,1-5H3/t15-/m0/s1. The van der Waals surface area contributed by atoms with Crippen LogP contribution in [0.1, 0.15) is 51.4 Å². The second-order valence-corrected chi connectivity index (χ2v) is 7.67. The minimum absolute atomic E-state index is 0.116. The molecule has 1 aromatic rings. The molecule has 0 spiro atoms. The predicted molar refractivity (Wildman–Crippen MR) is 89.5 cm³/mol. The van der Waals surface area contributed by atoms with Crippen molar-refractivity contribution < 1.29 is 19.2 Å². The summed E-state index contributed by atoms with van der Waals surface area (Å²) in [4.78, 5) is 31.5. The van der Waals surface area contributed by atoms with Crippen LogP contribution in [-0.4, -0.2) is 35.4 Å². The first-order chi connectivity index (χ1) is 11.2. The molecule has 0 N–H and O–H groups in total. The summed E-state index contributed by atoms with van der Waals surface area (Å²) in [5.74, 6) is -0.364. The van der Waals surface area contributed by atoms with Crippen LogP contribution in [0.25, 0.3) is 0 Å². The molecule has 0 aromatic heterocycles. The maximum absolute atomic E-state index is 12.5. The largest absolute Gasteiger partial charge is 0.462 e. The first kappa shape index (κ1) is 16.8. The number of amides is 1. The molecule has 2 aliphatic rings. The molecule has 1 atom stereocenters. The van der Waals surface area contributed by atoms with Gasteiger partial charge >= 0.3 is 12.1 Å². The molecule has 3 rings (SSSR count). The number of ether oxygens (including phenoxy) is 1. The smallest absolute Gasteiger partial charge is 0.435 e. The summed E-state index contributed by atoms with van der Waals surface area (Å²) in [5.41, 5.74) is 0.848. The molecule has 0 aliphatic carbocycles. The van der Waals surface area contributed by atoms with Crippen molar-refractivity contribution in [2.75, 3.05) is 11.5 Å². The number of hydrogen-bond acceptors (Lipinski definition) is 5. The quantitative estimate of drug-likeness (QED) is 0.792. The van der Waals surface area contributed by atoms with E-state index in [9.17, 15) is 9.59 Å². The van der Waals surface area contributed by atoms with Crippen LogP contribution in [0.3, 0.4) is 0 Å². The molecule has 2 heterocycles. The fourth-order valence-corrected chi connectivity index (χ4v) is 4.01. The molecular weight excluding hydrogens is 308 g/mol. The molecule has 130 valence electrons. The van der Waals surface area contributed by atoms with E-state index in [1.165, 1.54) is 0 Å². The Morgan fingerprint density at radius 2 is 1.88 bits per heavy atom. The topological polar surface area (TPSA) is 59.1 Å². The molecule has 6 heteroatoms. The van der Waals surface area contributed by atoms with Crippen molar-refractivity contribution in [2.45, 2.75) is 52.7 Å². The van der Waals surface area contributed by atoms with Gasteiger partial charge in [0.1, 0.15) is 6.17 Å². The van der Waals surface area contributed by atoms with Gasteiger partial charge in [-0.25, -0.2) is 9.59 Å². The SMILES string of the molecule is CCOC(=O)c1ccc(N2C(=O)ON3[C@H]2C(C)(C)CC3(C)C)cc1. The first-order valence-corrected chi connectivity index (χ1v) is 8.25. The summed E-state index contributed by atoms with van der Waals surface area (Å²) in [6.07, 6.45) is 0.355. The summed E-state index contributed by atoms with van der Waals surface area (Å²) >= 11 is 0. The summed E-state index contributed by atoms with van der Waals surface area (Å²) in [5, 5.41) is 1.80. The number of hydrogen-bond donors (Lipinski definition) is 0. The van der Waals surface area contributed by atoms with Crippen molar-refractivity contribution in [3.8, 4) is 0 Å². The van der Waals surface area contributed by atoms with Gasteiger partial charge in [0, 0.05) is 11.1 Å². The van der Waals surface area contributed by atoms with Crippen LogP contribution in [0.15, 0.2) is 24.3 Å². The van der Waals surface area contributed by atoms with Crippen LogP contribution in [-0.2, 0) is 9.57 Å². The Kier molecular flexibility index (Phi) is 3.83. The van der Waals surface area contributed by atoms with Crippen LogP contribution in [0.5, 0.6) is 0 Å². The third-order valence-corrected chi connectivity index (χ3v) is 4.68. The zero-order valence-electron chi connectivity index (χ0n) is 14.8. The van der Waals surface area contributed by atoms with Crippen molar-refractivity contribution in [1.29, 1.82) is 0 Å². The average Bonchev–Trinajstić information content (AvgIpc) is 2.93. The summed E-state index contributed by atoms with van der Waals surface area (Å²) < 4.78 is 4.99. The molecule has 1 aromatic carbocycles. The third kappa shape index (κ3) is 2.55. The zero-order valence-corrected chi connectivity index (χ0v) is 14.8. The number of carbonyl (C=O) groups excluding carboxylic acids is 2. The molecule has 0 saturated carbocycles. The van der Waals surface area contributed by atoms with E-state index in [0.717, 1.165) is 6.42 Å². The van der Waals surface area contributed by atoms with Gasteiger partial charge < -0.3 is 9.57 Å². The Bertz CT molecular complexity index is 666. The van der Waals surface area contributed by atoms with E-state index in [1.807, 2.05) is 0 Å². The van der Waals surface area contributed by atoms with E-state index in [4.69, 9.17) is 9.57 Å². The lowest BCUT2D eigenvalue weighted by Crippen LogP contribution is -2.46. The number of nitrogens with zero attached hydrogens (tertiary/aromatic N) is 2. The average molecular weight is 332 g/mol. The summed E-state index contributed by atoms with van der Waals surface area (Å²) in [6, 6.07) is 6.88. The van der Waals surface area contributed by atoms with Gasteiger partial charge in [-0.3, -0.25) is 4.90 Å². The predicted octanol–water partition coefficient (Wildman–Crippen LogP) is 3.57. The Morgan fingerprint density at radius 3 is 2.46 bits per heavy atom. The van der Waals surface area contributed by atoms with E-state index >= 15 is 0 Å². The molecule has 24 heavy (non-hydrogen) atoms. The highest BCUT2D eigenvalue weighted by Crippen LogP contribution is 2.51. The molecule has 2 saturated heterocycles. The highest BCUT2D eigenvalue weighted by molar-refractivity contribution is 5.93. The number of anilines is 1. The molecule has 0 unspecified atom stereocenters. The fraction of sp³-hybridized carbons (Fsp3) is 0.556. The van der Waals surface area contributed by atoms with E-state index in [-0.39, 0.29) is 29.2 Å². The van der Waals surface area contributed by atoms with Crippen molar-refractivity contribution in [3.63, 3.8) is 0 Å². The number of carbonyl (C=O) groups is 2. The maximum atomic E-state index is 12.5. The van der Waals surface area contributed by atoms with Gasteiger partial charge in [-0.15, -0.1) is 5.06 Å². The molecule has 0 bridgehead atoms. The maximum Gasteiger partial charge on any atom is 0.435 e. The number of esters is 1. The monoisotopic (exact) mass is 332 g/mol. The van der Waals surface area contributed by atoms with Crippen LogP contribution < -0.4 is 4.90 Å². The highest BCUT2D eigenvalue weighted by Gasteiger charge is 2.61. The molecule has 1 amide bonds. The highest BCUT2D eigenvalue weighted by atomic mass is 16.7. The van der Waals surface area contributed by atoms with Crippen LogP contribution in [0.4, 0.5) is 10.5 Å². The Morgan fingerprint density at radius 1 is 1.25 bits per heavy atom. The van der Waals surface area contributed by atoms with E-state index in [0.29, 0.717) is 17.9 Å². The molecule has 2 fully saturated rings. The minimum atomic E-state index is -0.385. The zero-order chi connectivity index (χ0) is 17.7. The van der Waals surface area contributed by atoms with Crippen LogP contribution >= 0.6 is 0 Å². The van der Waals surface area contributed by atoms with Crippen molar-refractivity contribution in [1.82, 2.24) is 5.06 Å². The van der Waals surface area contributed by atoms with Gasteiger partial charge in [0.05, 0.1) is 17.7 Å². The lowest BCUT2D eigenvalue weighted by atomic mass is 9.83. The molecule has 2 aliphatic heterocycles. The van der Waals surface area contributed by atoms with Gasteiger partial charge in [-0.05, 0) is 51.5 Å². The van der Waals surface area contributed by atoms with Gasteiger partial charge in [-0.1, -0.05) is 13.8 Å². The number of hydroxylamine groups is 2. The van der Waals surface area contributed by atoms with Crippen molar-refractivity contribution >= 4 is 17.7 Å². The lowest BCUT2D eigenvalue weighted by molar-refractivity contribution is -0.134. The fourth-order valence-electron chi connectivity index (χ4n) is 4.01. The molecule has 0 radical (unpaired) electrons. The second-order valence-electron chi connectivity index (χ2n) is 7.67. The Labute approximate surface area is 142 Å².